The lowest BCUT2D eigenvalue weighted by atomic mass is 10.00. The summed E-state index contributed by atoms with van der Waals surface area (Å²) in [5.74, 6) is 1.88. The van der Waals surface area contributed by atoms with Gasteiger partial charge in [-0.2, -0.15) is 0 Å². The van der Waals surface area contributed by atoms with Gasteiger partial charge in [-0.3, -0.25) is 0 Å². The Kier molecular flexibility index (Phi) is 3.39. The molecule has 0 aliphatic carbocycles. The second kappa shape index (κ2) is 4.90. The van der Waals surface area contributed by atoms with Crippen molar-refractivity contribution in [3.8, 4) is 0 Å². The van der Waals surface area contributed by atoms with E-state index in [0.717, 1.165) is 50.2 Å². The molecule has 1 aromatic rings. The summed E-state index contributed by atoms with van der Waals surface area (Å²) in [6.45, 7) is 0.985. The molecule has 3 heterocycles. The summed E-state index contributed by atoms with van der Waals surface area (Å²) in [5, 5.41) is 0. The lowest BCUT2D eigenvalue weighted by molar-refractivity contribution is 0.451. The van der Waals surface area contributed by atoms with Crippen molar-refractivity contribution in [1.29, 1.82) is 0 Å². The van der Waals surface area contributed by atoms with Gasteiger partial charge in [-0.15, -0.1) is 0 Å². The van der Waals surface area contributed by atoms with Crippen molar-refractivity contribution >= 4 is 9.84 Å². The van der Waals surface area contributed by atoms with Gasteiger partial charge < -0.3 is 10.3 Å². The second-order valence-corrected chi connectivity index (χ2v) is 8.09. The predicted molar refractivity (Wildman–Crippen MR) is 73.5 cm³/mol. The topological polar surface area (TPSA) is 78.0 Å². The van der Waals surface area contributed by atoms with Crippen LogP contribution in [0.25, 0.3) is 0 Å². The molecule has 2 N–H and O–H groups in total. The molecule has 0 radical (unpaired) electrons. The van der Waals surface area contributed by atoms with Crippen LogP contribution in [0, 0.1) is 5.92 Å². The van der Waals surface area contributed by atoms with E-state index in [9.17, 15) is 8.42 Å². The molecule has 1 saturated heterocycles. The first-order chi connectivity index (χ1) is 9.03. The Bertz CT molecular complexity index is 564. The highest BCUT2D eigenvalue weighted by Gasteiger charge is 2.26. The van der Waals surface area contributed by atoms with Crippen LogP contribution in [0.5, 0.6) is 0 Å². The fourth-order valence-corrected chi connectivity index (χ4v) is 5.02. The Morgan fingerprint density at radius 1 is 1.37 bits per heavy atom. The third-order valence-corrected chi connectivity index (χ3v) is 6.05. The molecule has 2 atom stereocenters. The Morgan fingerprint density at radius 3 is 2.95 bits per heavy atom. The second-order valence-electron chi connectivity index (χ2n) is 5.86. The summed E-state index contributed by atoms with van der Waals surface area (Å²) in [5.41, 5.74) is 7.07. The standard InChI is InChI=1S/C13H21N3O2S/c14-12-4-1-5-16-8-11(15-13(12)16)7-10-3-2-6-19(17,18)9-10/h8,10,12H,1-7,9,14H2. The van der Waals surface area contributed by atoms with Crippen molar-refractivity contribution in [2.75, 3.05) is 11.5 Å². The van der Waals surface area contributed by atoms with Crippen molar-refractivity contribution in [2.24, 2.45) is 11.7 Å². The first-order valence-corrected chi connectivity index (χ1v) is 8.87. The van der Waals surface area contributed by atoms with Gasteiger partial charge in [0.05, 0.1) is 23.2 Å². The molecule has 1 fully saturated rings. The molecular weight excluding hydrogens is 262 g/mol. The van der Waals surface area contributed by atoms with E-state index >= 15 is 0 Å². The van der Waals surface area contributed by atoms with Crippen LogP contribution in [-0.2, 0) is 22.8 Å². The highest BCUT2D eigenvalue weighted by atomic mass is 32.2. The number of sulfone groups is 1. The summed E-state index contributed by atoms with van der Waals surface area (Å²) in [4.78, 5) is 4.62. The summed E-state index contributed by atoms with van der Waals surface area (Å²) in [6.07, 6.45) is 6.71. The molecule has 2 aliphatic heterocycles. The molecule has 2 unspecified atom stereocenters. The molecule has 2 aliphatic rings. The fourth-order valence-electron chi connectivity index (χ4n) is 3.24. The van der Waals surface area contributed by atoms with Gasteiger partial charge in [0, 0.05) is 12.7 Å². The third-order valence-electron chi connectivity index (χ3n) is 4.16. The van der Waals surface area contributed by atoms with Gasteiger partial charge in [-0.05, 0) is 38.0 Å². The van der Waals surface area contributed by atoms with Gasteiger partial charge in [-0.1, -0.05) is 0 Å². The average molecular weight is 283 g/mol. The monoisotopic (exact) mass is 283 g/mol. The quantitative estimate of drug-likeness (QED) is 0.880. The van der Waals surface area contributed by atoms with Gasteiger partial charge in [0.15, 0.2) is 9.84 Å². The van der Waals surface area contributed by atoms with Gasteiger partial charge in [-0.25, -0.2) is 13.4 Å². The molecule has 1 aromatic heterocycles. The maximum atomic E-state index is 11.7. The average Bonchev–Trinajstić information content (AvgIpc) is 2.71. The van der Waals surface area contributed by atoms with E-state index in [-0.39, 0.29) is 12.0 Å². The Hall–Kier alpha value is -0.880. The van der Waals surface area contributed by atoms with E-state index in [1.807, 2.05) is 0 Å². The van der Waals surface area contributed by atoms with Crippen molar-refractivity contribution in [3.05, 3.63) is 17.7 Å². The zero-order chi connectivity index (χ0) is 13.5. The minimum absolute atomic E-state index is 0.0394. The zero-order valence-electron chi connectivity index (χ0n) is 11.1. The van der Waals surface area contributed by atoms with E-state index in [4.69, 9.17) is 5.73 Å². The first-order valence-electron chi connectivity index (χ1n) is 7.05. The number of hydrogen-bond donors (Lipinski definition) is 1. The first kappa shape index (κ1) is 13.1. The van der Waals surface area contributed by atoms with E-state index in [1.165, 1.54) is 0 Å². The highest BCUT2D eigenvalue weighted by molar-refractivity contribution is 7.91. The summed E-state index contributed by atoms with van der Waals surface area (Å²) < 4.78 is 25.4. The van der Waals surface area contributed by atoms with E-state index in [0.29, 0.717) is 11.5 Å². The van der Waals surface area contributed by atoms with Crippen LogP contribution < -0.4 is 5.73 Å². The number of fused-ring (bicyclic) bond motifs is 1. The van der Waals surface area contributed by atoms with Crippen molar-refractivity contribution in [2.45, 2.75) is 44.7 Å². The van der Waals surface area contributed by atoms with Crippen molar-refractivity contribution < 1.29 is 8.42 Å². The maximum absolute atomic E-state index is 11.7. The molecule has 0 saturated carbocycles. The van der Waals surface area contributed by atoms with Gasteiger partial charge >= 0.3 is 0 Å². The molecule has 0 aromatic carbocycles. The highest BCUT2D eigenvalue weighted by Crippen LogP contribution is 2.26. The molecule has 106 valence electrons. The third kappa shape index (κ3) is 2.84. The van der Waals surface area contributed by atoms with Crippen molar-refractivity contribution in [1.82, 2.24) is 9.55 Å². The molecule has 0 spiro atoms. The number of aromatic nitrogens is 2. The number of imidazole rings is 1. The number of hydrogen-bond acceptors (Lipinski definition) is 4. The predicted octanol–water partition coefficient (Wildman–Crippen LogP) is 1.04. The molecular formula is C13H21N3O2S. The molecule has 0 bridgehead atoms. The number of aryl methyl sites for hydroxylation is 1. The lowest BCUT2D eigenvalue weighted by Gasteiger charge is -2.20. The van der Waals surface area contributed by atoms with Crippen molar-refractivity contribution in [3.63, 3.8) is 0 Å². The molecule has 6 heteroatoms. The minimum atomic E-state index is -2.82. The van der Waals surface area contributed by atoms with Gasteiger partial charge in [0.2, 0.25) is 0 Å². The van der Waals surface area contributed by atoms with Crippen LogP contribution in [0.3, 0.4) is 0 Å². The zero-order valence-corrected chi connectivity index (χ0v) is 11.9. The van der Waals surface area contributed by atoms with Crippen LogP contribution >= 0.6 is 0 Å². The van der Waals surface area contributed by atoms with E-state index in [2.05, 4.69) is 15.7 Å². The smallest absolute Gasteiger partial charge is 0.150 e. The normalized spacial score (nSPS) is 29.9. The van der Waals surface area contributed by atoms with Gasteiger partial charge in [0.25, 0.3) is 0 Å². The number of nitrogens with two attached hydrogens (primary N) is 1. The van der Waals surface area contributed by atoms with Crippen LogP contribution in [-0.4, -0.2) is 29.5 Å². The number of rotatable bonds is 2. The Morgan fingerprint density at radius 2 is 2.21 bits per heavy atom. The fraction of sp³-hybridized carbons (Fsp3) is 0.769. The van der Waals surface area contributed by atoms with Crippen LogP contribution in [0.1, 0.15) is 43.2 Å². The Labute approximate surface area is 114 Å². The molecule has 19 heavy (non-hydrogen) atoms. The van der Waals surface area contributed by atoms with Gasteiger partial charge in [0.1, 0.15) is 5.82 Å². The minimum Gasteiger partial charge on any atom is -0.333 e. The van der Waals surface area contributed by atoms with E-state index in [1.54, 1.807) is 0 Å². The SMILES string of the molecule is NC1CCCn2cc(CC3CCCS(=O)(=O)C3)nc21. The summed E-state index contributed by atoms with van der Waals surface area (Å²) in [7, 11) is -2.82. The number of nitrogens with zero attached hydrogens (tertiary/aromatic N) is 2. The summed E-state index contributed by atoms with van der Waals surface area (Å²) >= 11 is 0. The van der Waals surface area contributed by atoms with Crippen LogP contribution in [0.4, 0.5) is 0 Å². The summed E-state index contributed by atoms with van der Waals surface area (Å²) in [6, 6.07) is 0.0394. The van der Waals surface area contributed by atoms with Crippen LogP contribution in [0.15, 0.2) is 6.20 Å². The largest absolute Gasteiger partial charge is 0.333 e. The molecule has 3 rings (SSSR count). The van der Waals surface area contributed by atoms with E-state index < -0.39 is 9.84 Å². The molecule has 5 nitrogen and oxygen atoms in total. The lowest BCUT2D eigenvalue weighted by Crippen LogP contribution is -2.26. The maximum Gasteiger partial charge on any atom is 0.150 e. The van der Waals surface area contributed by atoms with Crippen LogP contribution in [0.2, 0.25) is 0 Å². The molecule has 0 amide bonds. The Balaban J connectivity index is 1.73.